The molecule has 0 saturated carbocycles. The Morgan fingerprint density at radius 1 is 1.30 bits per heavy atom. The lowest BCUT2D eigenvalue weighted by Gasteiger charge is -2.17. The summed E-state index contributed by atoms with van der Waals surface area (Å²) in [5, 5.41) is 0. The summed E-state index contributed by atoms with van der Waals surface area (Å²) in [6, 6.07) is 7.33. The van der Waals surface area contributed by atoms with Crippen LogP contribution in [0.3, 0.4) is 0 Å². The van der Waals surface area contributed by atoms with Gasteiger partial charge in [-0.3, -0.25) is 4.98 Å². The normalized spacial score (nSPS) is 11.8. The first-order chi connectivity index (χ1) is 9.39. The lowest BCUT2D eigenvalue weighted by molar-refractivity contribution is 0.465. The molecule has 4 nitrogen and oxygen atoms in total. The first-order valence-corrected chi connectivity index (χ1v) is 7.94. The third-order valence-electron chi connectivity index (χ3n) is 2.68. The molecule has 0 fully saturated rings. The molecule has 1 aromatic heterocycles. The van der Waals surface area contributed by atoms with Crippen molar-refractivity contribution in [2.24, 2.45) is 0 Å². The van der Waals surface area contributed by atoms with E-state index >= 15 is 0 Å². The Bertz CT molecular complexity index is 722. The third kappa shape index (κ3) is 3.41. The van der Waals surface area contributed by atoms with Crippen molar-refractivity contribution in [1.29, 1.82) is 0 Å². The molecule has 0 bridgehead atoms. The van der Waals surface area contributed by atoms with Crippen molar-refractivity contribution in [3.8, 4) is 0 Å². The Balaban J connectivity index is 2.26. The van der Waals surface area contributed by atoms with Crippen molar-refractivity contribution >= 4 is 26.0 Å². The van der Waals surface area contributed by atoms with Crippen molar-refractivity contribution < 1.29 is 12.8 Å². The highest BCUT2D eigenvalue weighted by Crippen LogP contribution is 2.19. The average molecular weight is 359 g/mol. The number of hydrogen-bond acceptors (Lipinski definition) is 3. The fourth-order valence-corrected chi connectivity index (χ4v) is 3.36. The van der Waals surface area contributed by atoms with Crippen molar-refractivity contribution in [3.63, 3.8) is 0 Å². The lowest BCUT2D eigenvalue weighted by Crippen LogP contribution is -2.26. The molecule has 0 atom stereocenters. The van der Waals surface area contributed by atoms with E-state index in [1.54, 1.807) is 12.1 Å². The predicted octanol–water partition coefficient (Wildman–Crippen LogP) is 2.80. The molecule has 0 aliphatic carbocycles. The highest BCUT2D eigenvalue weighted by molar-refractivity contribution is 9.10. The van der Waals surface area contributed by atoms with Gasteiger partial charge in [0.25, 0.3) is 0 Å². The van der Waals surface area contributed by atoms with Gasteiger partial charge in [0.2, 0.25) is 10.0 Å². The topological polar surface area (TPSA) is 50.3 Å². The summed E-state index contributed by atoms with van der Waals surface area (Å²) in [6.07, 6.45) is 2.79. The molecule has 0 spiro atoms. The number of aromatic nitrogens is 1. The van der Waals surface area contributed by atoms with Crippen molar-refractivity contribution in [3.05, 3.63) is 58.6 Å². The molecule has 20 heavy (non-hydrogen) atoms. The van der Waals surface area contributed by atoms with E-state index in [1.165, 1.54) is 37.6 Å². The second-order valence-electron chi connectivity index (χ2n) is 4.23. The highest BCUT2D eigenvalue weighted by Gasteiger charge is 2.21. The van der Waals surface area contributed by atoms with Crippen LogP contribution in [0, 0.1) is 5.82 Å². The van der Waals surface area contributed by atoms with Crippen LogP contribution in [-0.2, 0) is 16.6 Å². The first-order valence-electron chi connectivity index (χ1n) is 5.71. The van der Waals surface area contributed by atoms with E-state index in [-0.39, 0.29) is 11.4 Å². The maximum atomic E-state index is 13.1. The number of nitrogens with zero attached hydrogens (tertiary/aromatic N) is 2. The summed E-state index contributed by atoms with van der Waals surface area (Å²) < 4.78 is 39.5. The number of sulfonamides is 1. The molecule has 1 aromatic carbocycles. The van der Waals surface area contributed by atoms with Gasteiger partial charge in [-0.25, -0.2) is 12.8 Å². The molecule has 0 radical (unpaired) electrons. The maximum Gasteiger partial charge on any atom is 0.244 e. The van der Waals surface area contributed by atoms with E-state index in [0.29, 0.717) is 10.0 Å². The maximum absolute atomic E-state index is 13.1. The van der Waals surface area contributed by atoms with Crippen LogP contribution in [0.4, 0.5) is 4.39 Å². The molecule has 106 valence electrons. The van der Waals surface area contributed by atoms with Gasteiger partial charge in [-0.2, -0.15) is 4.31 Å². The van der Waals surface area contributed by atoms with Gasteiger partial charge < -0.3 is 0 Å². The van der Waals surface area contributed by atoms with Crippen molar-refractivity contribution in [2.45, 2.75) is 11.4 Å². The Hall–Kier alpha value is -1.31. The van der Waals surface area contributed by atoms with Crippen LogP contribution in [-0.4, -0.2) is 24.8 Å². The summed E-state index contributed by atoms with van der Waals surface area (Å²) in [5.41, 5.74) is 0.582. The van der Waals surface area contributed by atoms with Crippen LogP contribution in [0.5, 0.6) is 0 Å². The minimum absolute atomic E-state index is 0.0887. The molecular weight excluding hydrogens is 347 g/mol. The van der Waals surface area contributed by atoms with Gasteiger partial charge in [0.15, 0.2) is 0 Å². The fraction of sp³-hybridized carbons (Fsp3) is 0.154. The standard InChI is InChI=1S/C13H12BrFN2O2S/c1-17(9-10-3-2-4-12(15)5-10)20(18,19)13-6-11(14)7-16-8-13/h2-8H,9H2,1H3. The van der Waals surface area contributed by atoms with E-state index in [0.717, 1.165) is 4.31 Å². The van der Waals surface area contributed by atoms with Crippen LogP contribution in [0.25, 0.3) is 0 Å². The Kier molecular flexibility index (Phi) is 4.52. The number of rotatable bonds is 4. The molecule has 0 aliphatic heterocycles. The smallest absolute Gasteiger partial charge is 0.244 e. The zero-order valence-corrected chi connectivity index (χ0v) is 13.0. The summed E-state index contributed by atoms with van der Waals surface area (Å²) in [6.45, 7) is 0.0899. The monoisotopic (exact) mass is 358 g/mol. The molecule has 1 heterocycles. The fourth-order valence-electron chi connectivity index (χ4n) is 1.69. The first kappa shape index (κ1) is 15.1. The summed E-state index contributed by atoms with van der Waals surface area (Å²) in [4.78, 5) is 3.93. The number of pyridine rings is 1. The zero-order valence-electron chi connectivity index (χ0n) is 10.6. The second-order valence-corrected chi connectivity index (χ2v) is 7.19. The average Bonchev–Trinajstić information content (AvgIpc) is 2.38. The minimum Gasteiger partial charge on any atom is -0.262 e. The molecule has 0 N–H and O–H groups in total. The molecule has 7 heteroatoms. The van der Waals surface area contributed by atoms with Crippen molar-refractivity contribution in [2.75, 3.05) is 7.05 Å². The zero-order chi connectivity index (χ0) is 14.8. The van der Waals surface area contributed by atoms with Gasteiger partial charge in [-0.1, -0.05) is 12.1 Å². The summed E-state index contributed by atoms with van der Waals surface area (Å²) in [5.74, 6) is -0.391. The van der Waals surface area contributed by atoms with E-state index in [1.807, 2.05) is 0 Å². The molecule has 0 unspecified atom stereocenters. The van der Waals surface area contributed by atoms with Gasteiger partial charge in [0.1, 0.15) is 10.7 Å². The van der Waals surface area contributed by atoms with Crippen LogP contribution in [0.15, 0.2) is 52.1 Å². The second kappa shape index (κ2) is 5.99. The molecule has 0 aliphatic rings. The molecule has 2 rings (SSSR count). The quantitative estimate of drug-likeness (QED) is 0.844. The largest absolute Gasteiger partial charge is 0.262 e. The van der Waals surface area contributed by atoms with E-state index in [4.69, 9.17) is 0 Å². The Morgan fingerprint density at radius 2 is 2.05 bits per heavy atom. The number of halogens is 2. The van der Waals surface area contributed by atoms with Gasteiger partial charge in [-0.05, 0) is 39.7 Å². The van der Waals surface area contributed by atoms with Crippen LogP contribution >= 0.6 is 15.9 Å². The van der Waals surface area contributed by atoms with Gasteiger partial charge in [-0.15, -0.1) is 0 Å². The summed E-state index contributed by atoms with van der Waals surface area (Å²) in [7, 11) is -2.21. The van der Waals surface area contributed by atoms with E-state index in [2.05, 4.69) is 20.9 Å². The van der Waals surface area contributed by atoms with Crippen LogP contribution in [0.1, 0.15) is 5.56 Å². The highest BCUT2D eigenvalue weighted by atomic mass is 79.9. The number of benzene rings is 1. The van der Waals surface area contributed by atoms with E-state index < -0.39 is 15.8 Å². The SMILES string of the molecule is CN(Cc1cccc(F)c1)S(=O)(=O)c1cncc(Br)c1. The molecule has 2 aromatic rings. The molecule has 0 amide bonds. The summed E-state index contributed by atoms with van der Waals surface area (Å²) >= 11 is 3.19. The minimum atomic E-state index is -3.65. The van der Waals surface area contributed by atoms with Crippen LogP contribution in [0.2, 0.25) is 0 Å². The van der Waals surface area contributed by atoms with Crippen LogP contribution < -0.4 is 0 Å². The van der Waals surface area contributed by atoms with Gasteiger partial charge in [0, 0.05) is 30.5 Å². The Morgan fingerprint density at radius 3 is 2.70 bits per heavy atom. The molecular formula is C13H12BrFN2O2S. The third-order valence-corrected chi connectivity index (χ3v) is 4.88. The lowest BCUT2D eigenvalue weighted by atomic mass is 10.2. The molecule has 0 saturated heterocycles. The van der Waals surface area contributed by atoms with Gasteiger partial charge >= 0.3 is 0 Å². The van der Waals surface area contributed by atoms with Gasteiger partial charge in [0.05, 0.1) is 0 Å². The van der Waals surface area contributed by atoms with E-state index in [9.17, 15) is 12.8 Å². The Labute approximate surface area is 125 Å². The van der Waals surface area contributed by atoms with Crippen molar-refractivity contribution in [1.82, 2.24) is 9.29 Å². The predicted molar refractivity (Wildman–Crippen MR) is 77.0 cm³/mol. The number of hydrogen-bond donors (Lipinski definition) is 0.